The molecule has 1 atom stereocenters. The molecule has 94 valence electrons. The Kier molecular flexibility index (Phi) is 5.26. The number of nitrogens with zero attached hydrogens (tertiary/aromatic N) is 1. The summed E-state index contributed by atoms with van der Waals surface area (Å²) in [4.78, 5) is 14.2. The number of nitrogens with one attached hydrogen (secondary N) is 1. The molecule has 0 aromatic heterocycles. The lowest BCUT2D eigenvalue weighted by Gasteiger charge is -2.26. The zero-order chi connectivity index (χ0) is 12.1. The van der Waals surface area contributed by atoms with E-state index in [1.54, 1.807) is 0 Å². The summed E-state index contributed by atoms with van der Waals surface area (Å²) in [7, 11) is 0. The van der Waals surface area contributed by atoms with E-state index in [-0.39, 0.29) is 0 Å². The van der Waals surface area contributed by atoms with Crippen LogP contribution in [0.2, 0.25) is 0 Å². The van der Waals surface area contributed by atoms with E-state index in [9.17, 15) is 4.79 Å². The van der Waals surface area contributed by atoms with Crippen LogP contribution in [-0.4, -0.2) is 36.0 Å². The summed E-state index contributed by atoms with van der Waals surface area (Å²) >= 11 is 0. The van der Waals surface area contributed by atoms with Crippen molar-refractivity contribution in [3.63, 3.8) is 0 Å². The SMILES string of the molecule is CCNC(C)CC(=O)N(CC(C)C)C1CC1. The third-order valence-corrected chi connectivity index (χ3v) is 2.90. The molecular weight excluding hydrogens is 200 g/mol. The van der Waals surface area contributed by atoms with Gasteiger partial charge >= 0.3 is 0 Å². The van der Waals surface area contributed by atoms with Crippen LogP contribution in [0.15, 0.2) is 0 Å². The highest BCUT2D eigenvalue weighted by Gasteiger charge is 2.32. The van der Waals surface area contributed by atoms with Crippen LogP contribution in [0.5, 0.6) is 0 Å². The highest BCUT2D eigenvalue weighted by Crippen LogP contribution is 2.28. The quantitative estimate of drug-likeness (QED) is 0.720. The van der Waals surface area contributed by atoms with Gasteiger partial charge in [-0.1, -0.05) is 20.8 Å². The fraction of sp³-hybridized carbons (Fsp3) is 0.923. The fourth-order valence-corrected chi connectivity index (χ4v) is 2.03. The summed E-state index contributed by atoms with van der Waals surface area (Å²) in [6.45, 7) is 10.4. The molecule has 0 spiro atoms. The first-order chi connectivity index (χ1) is 7.54. The molecule has 1 fully saturated rings. The highest BCUT2D eigenvalue weighted by atomic mass is 16.2. The number of carbonyl (C=O) groups is 1. The Morgan fingerprint density at radius 1 is 1.38 bits per heavy atom. The molecule has 0 aromatic carbocycles. The summed E-state index contributed by atoms with van der Waals surface area (Å²) < 4.78 is 0. The predicted octanol–water partition coefficient (Wildman–Crippen LogP) is 2.02. The molecule has 3 nitrogen and oxygen atoms in total. The molecule has 0 radical (unpaired) electrons. The standard InChI is InChI=1S/C13H26N2O/c1-5-14-11(4)8-13(16)15(9-10(2)3)12-6-7-12/h10-12,14H,5-9H2,1-4H3. The van der Waals surface area contributed by atoms with Gasteiger partial charge in [0.15, 0.2) is 0 Å². The number of amides is 1. The topological polar surface area (TPSA) is 32.3 Å². The Morgan fingerprint density at radius 2 is 2.00 bits per heavy atom. The molecule has 0 saturated heterocycles. The molecule has 16 heavy (non-hydrogen) atoms. The fourth-order valence-electron chi connectivity index (χ4n) is 2.03. The molecule has 1 aliphatic rings. The summed E-state index contributed by atoms with van der Waals surface area (Å²) in [5.74, 6) is 0.892. The zero-order valence-electron chi connectivity index (χ0n) is 11.1. The maximum Gasteiger partial charge on any atom is 0.224 e. The van der Waals surface area contributed by atoms with E-state index in [4.69, 9.17) is 0 Å². The van der Waals surface area contributed by atoms with Gasteiger partial charge in [-0.05, 0) is 32.2 Å². The minimum Gasteiger partial charge on any atom is -0.339 e. The van der Waals surface area contributed by atoms with Gasteiger partial charge in [0.2, 0.25) is 5.91 Å². The lowest BCUT2D eigenvalue weighted by molar-refractivity contribution is -0.132. The van der Waals surface area contributed by atoms with Gasteiger partial charge in [-0.15, -0.1) is 0 Å². The lowest BCUT2D eigenvalue weighted by atomic mass is 10.1. The van der Waals surface area contributed by atoms with Gasteiger partial charge in [0, 0.05) is 25.0 Å². The first-order valence-corrected chi connectivity index (χ1v) is 6.57. The molecular formula is C13H26N2O. The Labute approximate surface area is 99.6 Å². The van der Waals surface area contributed by atoms with Gasteiger partial charge in [0.25, 0.3) is 0 Å². The van der Waals surface area contributed by atoms with Crippen molar-refractivity contribution in [2.75, 3.05) is 13.1 Å². The summed E-state index contributed by atoms with van der Waals surface area (Å²) in [5.41, 5.74) is 0. The van der Waals surface area contributed by atoms with Crippen molar-refractivity contribution < 1.29 is 4.79 Å². The van der Waals surface area contributed by atoms with Crippen molar-refractivity contribution in [2.24, 2.45) is 5.92 Å². The third kappa shape index (κ3) is 4.52. The highest BCUT2D eigenvalue weighted by molar-refractivity contribution is 5.77. The van der Waals surface area contributed by atoms with Crippen LogP contribution in [0.25, 0.3) is 0 Å². The van der Waals surface area contributed by atoms with E-state index in [0.29, 0.717) is 30.3 Å². The van der Waals surface area contributed by atoms with E-state index < -0.39 is 0 Å². The molecule has 1 aliphatic carbocycles. The van der Waals surface area contributed by atoms with Gasteiger partial charge in [-0.2, -0.15) is 0 Å². The van der Waals surface area contributed by atoms with Gasteiger partial charge in [0.05, 0.1) is 0 Å². The predicted molar refractivity (Wildman–Crippen MR) is 67.3 cm³/mol. The molecule has 3 heteroatoms. The second-order valence-electron chi connectivity index (χ2n) is 5.33. The molecule has 0 aromatic rings. The van der Waals surface area contributed by atoms with Crippen molar-refractivity contribution >= 4 is 5.91 Å². The first-order valence-electron chi connectivity index (χ1n) is 6.57. The van der Waals surface area contributed by atoms with Gasteiger partial charge in [-0.25, -0.2) is 0 Å². The Bertz CT molecular complexity index is 224. The van der Waals surface area contributed by atoms with E-state index in [2.05, 4.69) is 37.9 Å². The smallest absolute Gasteiger partial charge is 0.224 e. The van der Waals surface area contributed by atoms with E-state index in [0.717, 1.165) is 13.1 Å². The average molecular weight is 226 g/mol. The second kappa shape index (κ2) is 6.24. The Morgan fingerprint density at radius 3 is 2.44 bits per heavy atom. The van der Waals surface area contributed by atoms with Crippen molar-refractivity contribution in [1.82, 2.24) is 10.2 Å². The van der Waals surface area contributed by atoms with Crippen LogP contribution in [-0.2, 0) is 4.79 Å². The van der Waals surface area contributed by atoms with E-state index in [1.807, 2.05) is 0 Å². The number of hydrogen-bond acceptors (Lipinski definition) is 2. The van der Waals surface area contributed by atoms with Crippen LogP contribution < -0.4 is 5.32 Å². The molecule has 1 saturated carbocycles. The molecule has 1 amide bonds. The summed E-state index contributed by atoms with van der Waals surface area (Å²) in [6, 6.07) is 0.842. The normalized spacial score (nSPS) is 17.6. The van der Waals surface area contributed by atoms with Crippen molar-refractivity contribution in [3.8, 4) is 0 Å². The van der Waals surface area contributed by atoms with Crippen LogP contribution in [0, 0.1) is 5.92 Å². The van der Waals surface area contributed by atoms with Crippen LogP contribution in [0.3, 0.4) is 0 Å². The van der Waals surface area contributed by atoms with E-state index in [1.165, 1.54) is 12.8 Å². The van der Waals surface area contributed by atoms with E-state index >= 15 is 0 Å². The maximum atomic E-state index is 12.1. The van der Waals surface area contributed by atoms with Gasteiger partial charge in [-0.3, -0.25) is 4.79 Å². The largest absolute Gasteiger partial charge is 0.339 e. The van der Waals surface area contributed by atoms with Crippen LogP contribution >= 0.6 is 0 Å². The summed E-state index contributed by atoms with van der Waals surface area (Å²) in [5, 5.41) is 3.30. The Balaban J connectivity index is 2.41. The molecule has 0 aliphatic heterocycles. The molecule has 1 unspecified atom stereocenters. The minimum atomic E-state index is 0.297. The zero-order valence-corrected chi connectivity index (χ0v) is 11.1. The maximum absolute atomic E-state index is 12.1. The van der Waals surface area contributed by atoms with Crippen LogP contribution in [0.1, 0.15) is 47.0 Å². The number of carbonyl (C=O) groups excluding carboxylic acids is 1. The third-order valence-electron chi connectivity index (χ3n) is 2.90. The van der Waals surface area contributed by atoms with Crippen molar-refractivity contribution in [1.29, 1.82) is 0 Å². The number of rotatable bonds is 7. The van der Waals surface area contributed by atoms with Crippen LogP contribution in [0.4, 0.5) is 0 Å². The second-order valence-corrected chi connectivity index (χ2v) is 5.33. The van der Waals surface area contributed by atoms with Crippen molar-refractivity contribution in [2.45, 2.75) is 59.0 Å². The van der Waals surface area contributed by atoms with Crippen molar-refractivity contribution in [3.05, 3.63) is 0 Å². The molecule has 1 rings (SSSR count). The van der Waals surface area contributed by atoms with Gasteiger partial charge < -0.3 is 10.2 Å². The van der Waals surface area contributed by atoms with Gasteiger partial charge in [0.1, 0.15) is 0 Å². The molecule has 0 bridgehead atoms. The monoisotopic (exact) mass is 226 g/mol. The summed E-state index contributed by atoms with van der Waals surface area (Å²) in [6.07, 6.45) is 3.04. The lowest BCUT2D eigenvalue weighted by Crippen LogP contribution is -2.40. The minimum absolute atomic E-state index is 0.297. The Hall–Kier alpha value is -0.570. The first kappa shape index (κ1) is 13.5. The molecule has 0 heterocycles. The number of hydrogen-bond donors (Lipinski definition) is 1. The molecule has 1 N–H and O–H groups in total. The average Bonchev–Trinajstić information content (AvgIpc) is 2.97.